The van der Waals surface area contributed by atoms with Gasteiger partial charge in [-0.3, -0.25) is 4.79 Å². The predicted molar refractivity (Wildman–Crippen MR) is 122 cm³/mol. The van der Waals surface area contributed by atoms with Crippen molar-refractivity contribution in [3.05, 3.63) is 63.1 Å². The zero-order chi connectivity index (χ0) is 23.2. The molecular weight excluding hydrogens is 457 g/mol. The summed E-state index contributed by atoms with van der Waals surface area (Å²) in [4.78, 5) is 14.0. The van der Waals surface area contributed by atoms with Gasteiger partial charge in [-0.1, -0.05) is 35.3 Å². The van der Waals surface area contributed by atoms with E-state index in [0.717, 1.165) is 5.56 Å². The highest BCUT2D eigenvalue weighted by molar-refractivity contribution is 7.89. The van der Waals surface area contributed by atoms with E-state index < -0.39 is 10.0 Å². The van der Waals surface area contributed by atoms with E-state index in [2.05, 4.69) is 6.07 Å². The van der Waals surface area contributed by atoms with E-state index in [9.17, 15) is 13.2 Å². The molecule has 9 heteroatoms. The number of nitriles is 1. The van der Waals surface area contributed by atoms with Crippen LogP contribution in [0.3, 0.4) is 0 Å². The molecule has 0 fully saturated rings. The van der Waals surface area contributed by atoms with Crippen molar-refractivity contribution in [3.63, 3.8) is 0 Å². The van der Waals surface area contributed by atoms with Crippen LogP contribution in [-0.4, -0.2) is 44.2 Å². The van der Waals surface area contributed by atoms with Crippen molar-refractivity contribution in [2.45, 2.75) is 37.6 Å². The Morgan fingerprint density at radius 2 is 1.71 bits per heavy atom. The monoisotopic (exact) mass is 481 g/mol. The molecule has 166 valence electrons. The number of hydrogen-bond donors (Lipinski definition) is 0. The van der Waals surface area contributed by atoms with Crippen LogP contribution in [0.4, 0.5) is 0 Å². The van der Waals surface area contributed by atoms with Crippen molar-refractivity contribution >= 4 is 39.1 Å². The Morgan fingerprint density at radius 3 is 2.32 bits per heavy atom. The number of carbonyl (C=O) groups excluding carboxylic acids is 1. The first-order valence-corrected chi connectivity index (χ1v) is 11.9. The summed E-state index contributed by atoms with van der Waals surface area (Å²) in [7, 11) is -0.529. The van der Waals surface area contributed by atoms with Crippen LogP contribution in [0.25, 0.3) is 0 Å². The first-order chi connectivity index (χ1) is 14.6. The Labute approximate surface area is 194 Å². The van der Waals surface area contributed by atoms with E-state index in [1.807, 2.05) is 12.1 Å². The largest absolute Gasteiger partial charge is 0.341 e. The van der Waals surface area contributed by atoms with Crippen LogP contribution in [0, 0.1) is 18.3 Å². The van der Waals surface area contributed by atoms with Crippen LogP contribution in [0.15, 0.2) is 41.3 Å². The third-order valence-electron chi connectivity index (χ3n) is 5.02. The van der Waals surface area contributed by atoms with Crippen LogP contribution in [0.5, 0.6) is 0 Å². The Kier molecular flexibility index (Phi) is 8.90. The number of nitrogens with zero attached hydrogens (tertiary/aromatic N) is 3. The van der Waals surface area contributed by atoms with Crippen LogP contribution in [0.1, 0.15) is 36.0 Å². The van der Waals surface area contributed by atoms with Gasteiger partial charge in [0.2, 0.25) is 15.9 Å². The van der Waals surface area contributed by atoms with E-state index in [1.54, 1.807) is 31.0 Å². The third kappa shape index (κ3) is 6.44. The average Bonchev–Trinajstić information content (AvgIpc) is 2.74. The fourth-order valence-electron chi connectivity index (χ4n) is 2.97. The maximum Gasteiger partial charge on any atom is 0.244 e. The first-order valence-electron chi connectivity index (χ1n) is 9.72. The van der Waals surface area contributed by atoms with Gasteiger partial charge in [-0.2, -0.15) is 5.26 Å². The second kappa shape index (κ2) is 11.0. The molecule has 0 spiro atoms. The van der Waals surface area contributed by atoms with Crippen molar-refractivity contribution < 1.29 is 13.2 Å². The second-order valence-electron chi connectivity index (χ2n) is 7.33. The predicted octanol–water partition coefficient (Wildman–Crippen LogP) is 4.62. The second-order valence-corrected chi connectivity index (χ2v) is 10.1. The lowest BCUT2D eigenvalue weighted by atomic mass is 10.1. The number of benzene rings is 2. The fraction of sp³-hybridized carbons (Fsp3) is 0.364. The Bertz CT molecular complexity index is 1080. The number of carbonyl (C=O) groups is 1. The molecule has 0 bridgehead atoms. The van der Waals surface area contributed by atoms with Gasteiger partial charge in [0.1, 0.15) is 4.90 Å². The number of halogens is 2. The zero-order valence-corrected chi connectivity index (χ0v) is 20.1. The molecule has 6 nitrogen and oxygen atoms in total. The van der Waals surface area contributed by atoms with E-state index in [1.165, 1.54) is 23.5 Å². The fourth-order valence-corrected chi connectivity index (χ4v) is 4.96. The normalized spacial score (nSPS) is 11.4. The molecule has 1 amide bonds. The van der Waals surface area contributed by atoms with Gasteiger partial charge >= 0.3 is 0 Å². The summed E-state index contributed by atoms with van der Waals surface area (Å²) in [5.74, 6) is -0.0220. The minimum absolute atomic E-state index is 0.0220. The molecule has 0 aromatic heterocycles. The summed E-state index contributed by atoms with van der Waals surface area (Å²) < 4.78 is 26.9. The van der Waals surface area contributed by atoms with Crippen LogP contribution >= 0.6 is 23.2 Å². The number of rotatable bonds is 9. The van der Waals surface area contributed by atoms with Crippen LogP contribution in [-0.2, 0) is 21.4 Å². The van der Waals surface area contributed by atoms with Gasteiger partial charge in [-0.15, -0.1) is 0 Å². The zero-order valence-electron chi connectivity index (χ0n) is 17.7. The summed E-state index contributed by atoms with van der Waals surface area (Å²) in [6.45, 7) is 2.39. The van der Waals surface area contributed by atoms with E-state index in [4.69, 9.17) is 28.5 Å². The van der Waals surface area contributed by atoms with Gasteiger partial charge in [0.15, 0.2) is 0 Å². The summed E-state index contributed by atoms with van der Waals surface area (Å²) in [6.07, 6.45) is 1.42. The minimum atomic E-state index is -3.75. The minimum Gasteiger partial charge on any atom is -0.341 e. The number of amides is 1. The standard InChI is InChI=1S/C22H25Cl2N3O3S/c1-16-19(23)11-12-20(22(16)24)31(29,30)27(3)13-5-4-6-21(28)26(2)15-18-9-7-17(14-25)8-10-18/h7-12H,4-6,13,15H2,1-3H3. The quantitative estimate of drug-likeness (QED) is 0.489. The summed E-state index contributed by atoms with van der Waals surface area (Å²) in [5.41, 5.74) is 2.04. The van der Waals surface area contributed by atoms with Gasteiger partial charge in [0.05, 0.1) is 16.7 Å². The molecule has 2 aromatic rings. The highest BCUT2D eigenvalue weighted by atomic mass is 35.5. The molecule has 2 rings (SSSR count). The van der Waals surface area contributed by atoms with E-state index in [0.29, 0.717) is 42.0 Å². The summed E-state index contributed by atoms with van der Waals surface area (Å²) in [6, 6.07) is 12.1. The Hall–Kier alpha value is -2.11. The van der Waals surface area contributed by atoms with Gasteiger partial charge < -0.3 is 4.90 Å². The van der Waals surface area contributed by atoms with Gasteiger partial charge in [0.25, 0.3) is 0 Å². The highest BCUT2D eigenvalue weighted by Crippen LogP contribution is 2.31. The molecule has 2 aromatic carbocycles. The van der Waals surface area contributed by atoms with Crippen molar-refractivity contribution in [1.82, 2.24) is 9.21 Å². The highest BCUT2D eigenvalue weighted by Gasteiger charge is 2.25. The summed E-state index contributed by atoms with van der Waals surface area (Å²) in [5, 5.41) is 9.38. The average molecular weight is 482 g/mol. The molecule has 0 saturated heterocycles. The molecular formula is C22H25Cl2N3O3S. The SMILES string of the molecule is Cc1c(Cl)ccc(S(=O)(=O)N(C)CCCCC(=O)N(C)Cc2ccc(C#N)cc2)c1Cl. The Morgan fingerprint density at radius 1 is 1.06 bits per heavy atom. The lowest BCUT2D eigenvalue weighted by Gasteiger charge is -2.20. The molecule has 0 atom stereocenters. The van der Waals surface area contributed by atoms with Crippen molar-refractivity contribution in [3.8, 4) is 6.07 Å². The lowest BCUT2D eigenvalue weighted by molar-refractivity contribution is -0.130. The molecule has 0 aliphatic carbocycles. The number of sulfonamides is 1. The molecule has 0 N–H and O–H groups in total. The maximum atomic E-state index is 12.8. The topological polar surface area (TPSA) is 81.5 Å². The molecule has 0 radical (unpaired) electrons. The molecule has 0 aliphatic rings. The van der Waals surface area contributed by atoms with Gasteiger partial charge in [-0.05, 0) is 55.2 Å². The summed E-state index contributed by atoms with van der Waals surface area (Å²) >= 11 is 12.2. The van der Waals surface area contributed by atoms with Gasteiger partial charge in [-0.25, -0.2) is 12.7 Å². The van der Waals surface area contributed by atoms with Gasteiger partial charge in [0, 0.05) is 38.6 Å². The number of hydrogen-bond acceptors (Lipinski definition) is 4. The van der Waals surface area contributed by atoms with E-state index >= 15 is 0 Å². The van der Waals surface area contributed by atoms with Crippen molar-refractivity contribution in [2.75, 3.05) is 20.6 Å². The first kappa shape index (κ1) is 25.2. The molecule has 0 saturated carbocycles. The molecule has 31 heavy (non-hydrogen) atoms. The van der Waals surface area contributed by atoms with Crippen molar-refractivity contribution in [1.29, 1.82) is 5.26 Å². The lowest BCUT2D eigenvalue weighted by Crippen LogP contribution is -2.29. The van der Waals surface area contributed by atoms with Crippen LogP contribution < -0.4 is 0 Å². The van der Waals surface area contributed by atoms with Crippen LogP contribution in [0.2, 0.25) is 10.0 Å². The van der Waals surface area contributed by atoms with Crippen molar-refractivity contribution in [2.24, 2.45) is 0 Å². The molecule has 0 heterocycles. The number of unbranched alkanes of at least 4 members (excludes halogenated alkanes) is 1. The molecule has 0 unspecified atom stereocenters. The molecule has 0 aliphatic heterocycles. The maximum absolute atomic E-state index is 12.8. The third-order valence-corrected chi connectivity index (χ3v) is 7.92. The van der Waals surface area contributed by atoms with E-state index in [-0.39, 0.29) is 22.4 Å². The smallest absolute Gasteiger partial charge is 0.244 e. The Balaban J connectivity index is 1.85.